The van der Waals surface area contributed by atoms with Crippen molar-refractivity contribution in [1.29, 1.82) is 0 Å². The van der Waals surface area contributed by atoms with Crippen LogP contribution in [0.2, 0.25) is 10.0 Å². The second-order valence-corrected chi connectivity index (χ2v) is 5.52. The third-order valence-corrected chi connectivity index (χ3v) is 3.55. The zero-order valence-corrected chi connectivity index (χ0v) is 13.1. The van der Waals surface area contributed by atoms with Crippen LogP contribution in [0.3, 0.4) is 0 Å². The minimum absolute atomic E-state index is 0.135. The van der Waals surface area contributed by atoms with E-state index in [0.717, 1.165) is 6.42 Å². The molecule has 0 spiro atoms. The molecule has 5 nitrogen and oxygen atoms in total. The number of esters is 1. The second-order valence-electron chi connectivity index (χ2n) is 4.68. The van der Waals surface area contributed by atoms with Gasteiger partial charge < -0.3 is 15.6 Å². The van der Waals surface area contributed by atoms with Crippen molar-refractivity contribution in [2.75, 3.05) is 6.61 Å². The van der Waals surface area contributed by atoms with E-state index < -0.39 is 17.5 Å². The third kappa shape index (κ3) is 4.59. The Labute approximate surface area is 133 Å². The van der Waals surface area contributed by atoms with Gasteiger partial charge in [0.2, 0.25) is 5.54 Å². The summed E-state index contributed by atoms with van der Waals surface area (Å²) >= 11 is 11.8. The number of ether oxygens (including phenoxy) is 1. The van der Waals surface area contributed by atoms with Gasteiger partial charge in [-0.3, -0.25) is 0 Å². The van der Waals surface area contributed by atoms with Crippen LogP contribution in [-0.2, 0) is 20.7 Å². The molecular formula is C14H17Cl2NO4. The molecule has 0 saturated carbocycles. The van der Waals surface area contributed by atoms with Gasteiger partial charge in [-0.2, -0.15) is 0 Å². The average Bonchev–Trinajstić information content (AvgIpc) is 2.41. The minimum Gasteiger partial charge on any atom is -0.479 e. The Morgan fingerprint density at radius 1 is 1.38 bits per heavy atom. The highest BCUT2D eigenvalue weighted by Crippen LogP contribution is 2.25. The largest absolute Gasteiger partial charge is 0.479 e. The van der Waals surface area contributed by atoms with Crippen LogP contribution in [0.4, 0.5) is 0 Å². The van der Waals surface area contributed by atoms with Crippen molar-refractivity contribution in [1.82, 2.24) is 0 Å². The van der Waals surface area contributed by atoms with Crippen LogP contribution in [0, 0.1) is 0 Å². The second kappa shape index (κ2) is 7.64. The first-order valence-corrected chi connectivity index (χ1v) is 7.20. The van der Waals surface area contributed by atoms with E-state index in [1.54, 1.807) is 6.07 Å². The van der Waals surface area contributed by atoms with Gasteiger partial charge in [-0.05, 0) is 24.1 Å². The molecule has 1 rings (SSSR count). The monoisotopic (exact) mass is 333 g/mol. The SMILES string of the molecule is CCCCOC(=O)C(N)(Cc1ccc(Cl)cc1Cl)C(=O)O. The summed E-state index contributed by atoms with van der Waals surface area (Å²) < 4.78 is 4.93. The molecule has 1 unspecified atom stereocenters. The molecule has 1 aromatic carbocycles. The predicted octanol–water partition coefficient (Wildman–Crippen LogP) is 2.66. The molecule has 0 aliphatic heterocycles. The fourth-order valence-electron chi connectivity index (χ4n) is 1.64. The van der Waals surface area contributed by atoms with Gasteiger partial charge in [-0.25, -0.2) is 9.59 Å². The van der Waals surface area contributed by atoms with Crippen molar-refractivity contribution >= 4 is 35.1 Å². The Morgan fingerprint density at radius 2 is 2.05 bits per heavy atom. The van der Waals surface area contributed by atoms with Gasteiger partial charge in [0.1, 0.15) is 0 Å². The van der Waals surface area contributed by atoms with Crippen LogP contribution in [0.1, 0.15) is 25.3 Å². The number of carboxylic acids is 1. The molecule has 1 atom stereocenters. The summed E-state index contributed by atoms with van der Waals surface area (Å²) in [5, 5.41) is 9.93. The summed E-state index contributed by atoms with van der Waals surface area (Å²) in [7, 11) is 0. The van der Waals surface area contributed by atoms with Gasteiger partial charge in [0.25, 0.3) is 0 Å². The third-order valence-electron chi connectivity index (χ3n) is 2.96. The standard InChI is InChI=1S/C14H17Cl2NO4/c1-2-3-6-21-13(20)14(17,12(18)19)8-9-4-5-10(15)7-11(9)16/h4-5,7H,2-3,6,8,17H2,1H3,(H,18,19). The normalized spacial score (nSPS) is 13.5. The van der Waals surface area contributed by atoms with Crippen molar-refractivity contribution in [3.8, 4) is 0 Å². The minimum atomic E-state index is -2.18. The zero-order valence-electron chi connectivity index (χ0n) is 11.6. The van der Waals surface area contributed by atoms with E-state index in [2.05, 4.69) is 0 Å². The maximum atomic E-state index is 12.0. The van der Waals surface area contributed by atoms with Crippen LogP contribution < -0.4 is 5.73 Å². The molecule has 0 aromatic heterocycles. The maximum Gasteiger partial charge on any atom is 0.338 e. The van der Waals surface area contributed by atoms with Crippen molar-refractivity contribution in [2.24, 2.45) is 5.73 Å². The fraction of sp³-hybridized carbons (Fsp3) is 0.429. The number of rotatable bonds is 7. The molecule has 7 heteroatoms. The van der Waals surface area contributed by atoms with Gasteiger partial charge in [0, 0.05) is 16.5 Å². The summed E-state index contributed by atoms with van der Waals surface area (Å²) in [6.07, 6.45) is 1.19. The molecular weight excluding hydrogens is 317 g/mol. The summed E-state index contributed by atoms with van der Waals surface area (Å²) in [6.45, 7) is 2.06. The molecule has 21 heavy (non-hydrogen) atoms. The number of benzene rings is 1. The molecule has 0 fully saturated rings. The number of aliphatic carboxylic acids is 1. The van der Waals surface area contributed by atoms with Crippen LogP contribution >= 0.6 is 23.2 Å². The van der Waals surface area contributed by atoms with Crippen LogP contribution in [-0.4, -0.2) is 29.2 Å². The highest BCUT2D eigenvalue weighted by atomic mass is 35.5. The number of carbonyl (C=O) groups is 2. The molecule has 0 radical (unpaired) electrons. The van der Waals surface area contributed by atoms with Gasteiger partial charge >= 0.3 is 11.9 Å². The van der Waals surface area contributed by atoms with Crippen LogP contribution in [0.5, 0.6) is 0 Å². The van der Waals surface area contributed by atoms with E-state index in [4.69, 9.17) is 33.7 Å². The van der Waals surface area contributed by atoms with Crippen molar-refractivity contribution in [2.45, 2.75) is 31.7 Å². The van der Waals surface area contributed by atoms with E-state index in [0.29, 0.717) is 17.0 Å². The molecule has 0 amide bonds. The van der Waals surface area contributed by atoms with Gasteiger partial charge in [-0.1, -0.05) is 42.6 Å². The number of hydrogen-bond donors (Lipinski definition) is 2. The van der Waals surface area contributed by atoms with Crippen molar-refractivity contribution in [3.63, 3.8) is 0 Å². The Morgan fingerprint density at radius 3 is 2.57 bits per heavy atom. The average molecular weight is 334 g/mol. The fourth-order valence-corrected chi connectivity index (χ4v) is 2.11. The summed E-state index contributed by atoms with van der Waals surface area (Å²) in [6, 6.07) is 4.55. The van der Waals surface area contributed by atoms with Gasteiger partial charge in [-0.15, -0.1) is 0 Å². The van der Waals surface area contributed by atoms with E-state index in [1.807, 2.05) is 6.92 Å². The summed E-state index contributed by atoms with van der Waals surface area (Å²) in [5.74, 6) is -2.44. The summed E-state index contributed by atoms with van der Waals surface area (Å²) in [5.41, 5.74) is 3.98. The number of unbranched alkanes of at least 4 members (excludes halogenated alkanes) is 1. The van der Waals surface area contributed by atoms with Gasteiger partial charge in [0.05, 0.1) is 6.61 Å². The molecule has 0 aliphatic carbocycles. The number of hydrogen-bond acceptors (Lipinski definition) is 4. The highest BCUT2D eigenvalue weighted by Gasteiger charge is 2.44. The van der Waals surface area contributed by atoms with E-state index in [1.165, 1.54) is 12.1 Å². The van der Waals surface area contributed by atoms with Crippen LogP contribution in [0.15, 0.2) is 18.2 Å². The lowest BCUT2D eigenvalue weighted by Crippen LogP contribution is -2.57. The maximum absolute atomic E-state index is 12.0. The lowest BCUT2D eigenvalue weighted by molar-refractivity contribution is -0.161. The van der Waals surface area contributed by atoms with Crippen molar-refractivity contribution in [3.05, 3.63) is 33.8 Å². The molecule has 0 aliphatic rings. The Balaban J connectivity index is 2.94. The number of carbonyl (C=O) groups excluding carboxylic acids is 1. The van der Waals surface area contributed by atoms with E-state index in [9.17, 15) is 14.7 Å². The Hall–Kier alpha value is -1.30. The highest BCUT2D eigenvalue weighted by molar-refractivity contribution is 6.35. The Kier molecular flexibility index (Phi) is 6.45. The quantitative estimate of drug-likeness (QED) is 0.455. The van der Waals surface area contributed by atoms with Crippen molar-refractivity contribution < 1.29 is 19.4 Å². The topological polar surface area (TPSA) is 89.6 Å². The number of carboxylic acid groups (broad SMARTS) is 1. The predicted molar refractivity (Wildman–Crippen MR) is 80.6 cm³/mol. The molecule has 116 valence electrons. The van der Waals surface area contributed by atoms with Gasteiger partial charge in [0.15, 0.2) is 0 Å². The first-order chi connectivity index (χ1) is 9.81. The number of nitrogens with two attached hydrogens (primary N) is 1. The lowest BCUT2D eigenvalue weighted by atomic mass is 9.92. The molecule has 3 N–H and O–H groups in total. The molecule has 1 aromatic rings. The Bertz CT molecular complexity index is 536. The number of halogens is 2. The molecule has 0 saturated heterocycles. The lowest BCUT2D eigenvalue weighted by Gasteiger charge is -2.23. The first kappa shape index (κ1) is 17.8. The smallest absolute Gasteiger partial charge is 0.338 e. The summed E-state index contributed by atoms with van der Waals surface area (Å²) in [4.78, 5) is 23.3. The molecule has 0 bridgehead atoms. The van der Waals surface area contributed by atoms with E-state index in [-0.39, 0.29) is 18.1 Å². The first-order valence-electron chi connectivity index (χ1n) is 6.44. The molecule has 0 heterocycles. The van der Waals surface area contributed by atoms with Crippen LogP contribution in [0.25, 0.3) is 0 Å². The van der Waals surface area contributed by atoms with E-state index >= 15 is 0 Å². The zero-order chi connectivity index (χ0) is 16.0.